The van der Waals surface area contributed by atoms with Gasteiger partial charge < -0.3 is 33.8 Å². The van der Waals surface area contributed by atoms with Crippen LogP contribution in [-0.2, 0) is 65.4 Å². The number of hydrogen-bond donors (Lipinski definition) is 3. The fraction of sp³-hybridized carbons (Fsp3) is 0.893. The van der Waals surface area contributed by atoms with Crippen molar-refractivity contribution in [1.29, 1.82) is 0 Å². The fourth-order valence-corrected chi connectivity index (χ4v) is 12.4. The molecule has 0 saturated carbocycles. The van der Waals surface area contributed by atoms with Crippen LogP contribution in [0.25, 0.3) is 0 Å². The van der Waals surface area contributed by atoms with Crippen LogP contribution in [0.5, 0.6) is 0 Å². The molecule has 0 aliphatic carbocycles. The summed E-state index contributed by atoms with van der Waals surface area (Å²) in [4.78, 5) is 72.7. The number of allylic oxidation sites excluding steroid dienone is 4. The molecule has 0 aromatic rings. The zero-order valence-electron chi connectivity index (χ0n) is 60.9. The van der Waals surface area contributed by atoms with Gasteiger partial charge in [0.25, 0.3) is 0 Å². The van der Waals surface area contributed by atoms with E-state index in [0.29, 0.717) is 31.6 Å². The molecule has 0 radical (unpaired) electrons. The average molecular weight is 1380 g/mol. The Labute approximate surface area is 573 Å². The normalized spacial score (nSPS) is 14.8. The quantitative estimate of drug-likeness (QED) is 0.0169. The van der Waals surface area contributed by atoms with E-state index in [1.54, 1.807) is 0 Å². The molecular weight excluding hydrogens is 1230 g/mol. The molecule has 0 aliphatic rings. The van der Waals surface area contributed by atoms with Crippen molar-refractivity contribution in [2.24, 2.45) is 17.8 Å². The minimum atomic E-state index is -4.96. The third-order valence-electron chi connectivity index (χ3n) is 17.5. The topological polar surface area (TPSA) is 237 Å². The van der Waals surface area contributed by atoms with Gasteiger partial charge in [-0.15, -0.1) is 0 Å². The van der Waals surface area contributed by atoms with Gasteiger partial charge in [-0.05, 0) is 69.1 Å². The smallest absolute Gasteiger partial charge is 0.462 e. The number of hydrogen-bond acceptors (Lipinski definition) is 15. The molecule has 554 valence electrons. The molecule has 0 heterocycles. The molecule has 3 N–H and O–H groups in total. The number of rotatable bonds is 71. The van der Waals surface area contributed by atoms with Gasteiger partial charge in [0.15, 0.2) is 12.2 Å². The molecule has 0 bridgehead atoms. The lowest BCUT2D eigenvalue weighted by Gasteiger charge is -2.21. The second kappa shape index (κ2) is 65.2. The van der Waals surface area contributed by atoms with Crippen LogP contribution in [0.3, 0.4) is 0 Å². The number of esters is 4. The lowest BCUT2D eigenvalue weighted by atomic mass is 10.00. The minimum Gasteiger partial charge on any atom is -0.462 e. The Morgan fingerprint density at radius 2 is 0.628 bits per heavy atom. The van der Waals surface area contributed by atoms with Crippen molar-refractivity contribution in [2.75, 3.05) is 39.6 Å². The zero-order chi connectivity index (χ0) is 69.4. The van der Waals surface area contributed by atoms with Crippen molar-refractivity contribution < 1.29 is 80.2 Å². The second-order valence-corrected chi connectivity index (χ2v) is 30.2. The highest BCUT2D eigenvalue weighted by atomic mass is 31.2. The summed E-state index contributed by atoms with van der Waals surface area (Å²) < 4.78 is 68.4. The van der Waals surface area contributed by atoms with Gasteiger partial charge in [-0.25, -0.2) is 9.13 Å². The Balaban J connectivity index is 5.23. The summed E-state index contributed by atoms with van der Waals surface area (Å²) in [7, 11) is -9.92. The summed E-state index contributed by atoms with van der Waals surface area (Å²) in [6.45, 7) is 11.8. The van der Waals surface area contributed by atoms with Crippen LogP contribution in [0.2, 0.25) is 0 Å². The monoisotopic (exact) mass is 1380 g/mol. The summed E-state index contributed by atoms with van der Waals surface area (Å²) in [5, 5.41) is 10.6. The lowest BCUT2D eigenvalue weighted by Crippen LogP contribution is -2.30. The standard InChI is InChI=1S/C75H142O17P2/c1-8-11-12-13-14-15-16-17-20-24-27-30-33-42-49-56-72(77)85-62-71(92-75(80)59-52-45-38-36-41-48-55-68(7)10-3)65-90-94(83,84)88-61-69(76)60-87-93(81,82)89-64-70(63-86-73(78)57-50-43-37-35-40-47-54-67(6)9-2)91-74(79)58-51-44-34-31-28-25-22-19-18-21-23-26-29-32-39-46-53-66(4)5/h15-17,20,66-71,76H,8-14,18-19,21-65H2,1-7H3,(H,81,82)(H,83,84)/b16-15-,20-17-/t67?,68?,69-,70+,71+/m0/s1. The molecule has 94 heavy (non-hydrogen) atoms. The van der Waals surface area contributed by atoms with Gasteiger partial charge in [0, 0.05) is 25.7 Å². The van der Waals surface area contributed by atoms with Crippen LogP contribution in [0.4, 0.5) is 0 Å². The number of phosphoric ester groups is 2. The first-order valence-corrected chi connectivity index (χ1v) is 41.2. The Morgan fingerprint density at radius 3 is 0.947 bits per heavy atom. The number of aliphatic hydroxyl groups is 1. The molecule has 17 nitrogen and oxygen atoms in total. The van der Waals surface area contributed by atoms with Gasteiger partial charge in [0.1, 0.15) is 19.3 Å². The molecule has 7 atom stereocenters. The molecule has 0 aromatic carbocycles. The van der Waals surface area contributed by atoms with Crippen molar-refractivity contribution in [3.8, 4) is 0 Å². The summed E-state index contributed by atoms with van der Waals surface area (Å²) in [5.41, 5.74) is 0. The number of phosphoric acid groups is 2. The van der Waals surface area contributed by atoms with E-state index >= 15 is 0 Å². The van der Waals surface area contributed by atoms with Crippen LogP contribution in [0.1, 0.15) is 357 Å². The van der Waals surface area contributed by atoms with Gasteiger partial charge in [0.2, 0.25) is 0 Å². The Morgan fingerprint density at radius 1 is 0.351 bits per heavy atom. The van der Waals surface area contributed by atoms with Crippen LogP contribution in [-0.4, -0.2) is 96.7 Å². The van der Waals surface area contributed by atoms with E-state index in [2.05, 4.69) is 72.8 Å². The van der Waals surface area contributed by atoms with Gasteiger partial charge in [-0.3, -0.25) is 37.3 Å². The fourth-order valence-electron chi connectivity index (χ4n) is 10.8. The molecule has 0 aliphatic heterocycles. The summed E-state index contributed by atoms with van der Waals surface area (Å²) >= 11 is 0. The van der Waals surface area contributed by atoms with E-state index in [4.69, 9.17) is 37.0 Å². The first-order chi connectivity index (χ1) is 45.3. The second-order valence-electron chi connectivity index (χ2n) is 27.3. The molecule has 0 amide bonds. The molecular formula is C75H142O17P2. The largest absolute Gasteiger partial charge is 0.472 e. The lowest BCUT2D eigenvalue weighted by molar-refractivity contribution is -0.161. The summed E-state index contributed by atoms with van der Waals surface area (Å²) in [5.74, 6) is 0.0991. The van der Waals surface area contributed by atoms with Gasteiger partial charge in [0.05, 0.1) is 26.4 Å². The highest BCUT2D eigenvalue weighted by Crippen LogP contribution is 2.45. The highest BCUT2D eigenvalue weighted by molar-refractivity contribution is 7.47. The van der Waals surface area contributed by atoms with Gasteiger partial charge in [-0.1, -0.05) is 304 Å². The van der Waals surface area contributed by atoms with Crippen LogP contribution < -0.4 is 0 Å². The molecule has 0 saturated heterocycles. The Bertz CT molecular complexity index is 1930. The summed E-state index contributed by atoms with van der Waals surface area (Å²) in [6, 6.07) is 0. The third-order valence-corrected chi connectivity index (χ3v) is 19.4. The maximum atomic E-state index is 13.0. The minimum absolute atomic E-state index is 0.0958. The van der Waals surface area contributed by atoms with E-state index in [1.807, 2.05) is 0 Å². The van der Waals surface area contributed by atoms with E-state index < -0.39 is 97.5 Å². The SMILES string of the molecule is CCCCCC/C=C\C=C/CCCCCCCC(=O)OC[C@H](COP(=O)(O)OC[C@@H](O)COP(=O)(O)OC[C@@H](COC(=O)CCCCCCCCC(C)CC)OC(=O)CCCCCCCCCCCCCCCCCCC(C)C)OC(=O)CCCCCCCCC(C)CC. The summed E-state index contributed by atoms with van der Waals surface area (Å²) in [6.07, 6.45) is 53.7. The van der Waals surface area contributed by atoms with E-state index in [9.17, 15) is 43.2 Å². The first kappa shape index (κ1) is 91.5. The number of carbonyl (C=O) groups is 4. The van der Waals surface area contributed by atoms with Gasteiger partial charge in [-0.2, -0.15) is 0 Å². The molecule has 0 aromatic heterocycles. The highest BCUT2D eigenvalue weighted by Gasteiger charge is 2.30. The molecule has 0 rings (SSSR count). The predicted molar refractivity (Wildman–Crippen MR) is 381 cm³/mol. The van der Waals surface area contributed by atoms with Crippen molar-refractivity contribution in [3.05, 3.63) is 24.3 Å². The van der Waals surface area contributed by atoms with Gasteiger partial charge >= 0.3 is 39.5 Å². The maximum absolute atomic E-state index is 13.0. The van der Waals surface area contributed by atoms with Crippen LogP contribution in [0, 0.1) is 17.8 Å². The van der Waals surface area contributed by atoms with E-state index in [-0.39, 0.29) is 25.7 Å². The Hall–Kier alpha value is -2.46. The Kier molecular flexibility index (Phi) is 63.5. The molecule has 0 fully saturated rings. The predicted octanol–water partition coefficient (Wildman–Crippen LogP) is 21.3. The zero-order valence-corrected chi connectivity index (χ0v) is 62.7. The van der Waals surface area contributed by atoms with Crippen LogP contribution >= 0.6 is 15.6 Å². The van der Waals surface area contributed by atoms with Crippen molar-refractivity contribution in [1.82, 2.24) is 0 Å². The van der Waals surface area contributed by atoms with Crippen LogP contribution in [0.15, 0.2) is 24.3 Å². The van der Waals surface area contributed by atoms with Crippen molar-refractivity contribution >= 4 is 39.5 Å². The number of ether oxygens (including phenoxy) is 4. The van der Waals surface area contributed by atoms with E-state index in [1.165, 1.54) is 141 Å². The number of unbranched alkanes of at least 4 members (excludes halogenated alkanes) is 34. The maximum Gasteiger partial charge on any atom is 0.472 e. The molecule has 4 unspecified atom stereocenters. The number of aliphatic hydroxyl groups excluding tert-OH is 1. The molecule has 19 heteroatoms. The number of carbonyl (C=O) groups excluding carboxylic acids is 4. The molecule has 0 spiro atoms. The van der Waals surface area contributed by atoms with Crippen molar-refractivity contribution in [3.63, 3.8) is 0 Å². The van der Waals surface area contributed by atoms with Crippen molar-refractivity contribution in [2.45, 2.75) is 375 Å². The average Bonchev–Trinajstić information content (AvgIpc) is 3.13. The first-order valence-electron chi connectivity index (χ1n) is 38.2. The third kappa shape index (κ3) is 65.5. The van der Waals surface area contributed by atoms with E-state index in [0.717, 1.165) is 127 Å².